The number of carbonyl (C=O) groups is 1. The van der Waals surface area contributed by atoms with Gasteiger partial charge in [-0.3, -0.25) is 4.79 Å². The summed E-state index contributed by atoms with van der Waals surface area (Å²) in [6, 6.07) is 7.49. The van der Waals surface area contributed by atoms with Gasteiger partial charge in [0.1, 0.15) is 6.29 Å². The van der Waals surface area contributed by atoms with Gasteiger partial charge in [0, 0.05) is 18.5 Å². The first kappa shape index (κ1) is 12.3. The number of carbonyl (C=O) groups excluding carboxylic acids is 1. The van der Waals surface area contributed by atoms with Gasteiger partial charge in [-0.1, -0.05) is 18.2 Å². The molecule has 1 unspecified atom stereocenters. The van der Waals surface area contributed by atoms with Crippen molar-refractivity contribution >= 4 is 6.29 Å². The largest absolute Gasteiger partial charge is 0.388 e. The summed E-state index contributed by atoms with van der Waals surface area (Å²) in [4.78, 5) is 12.9. The van der Waals surface area contributed by atoms with E-state index in [0.717, 1.165) is 31.2 Å². The number of β-amino-alcohol motifs (C(OH)–C–C–N with tert-alkyl or cyclic N) is 1. The molecule has 1 aliphatic rings. The van der Waals surface area contributed by atoms with Crippen molar-refractivity contribution in [3.8, 4) is 0 Å². The zero-order valence-electron chi connectivity index (χ0n) is 10.2. The highest BCUT2D eigenvalue weighted by Gasteiger charge is 2.31. The maximum Gasteiger partial charge on any atom is 0.150 e. The number of piperidine rings is 1. The van der Waals surface area contributed by atoms with E-state index in [9.17, 15) is 9.90 Å². The van der Waals surface area contributed by atoms with Crippen LogP contribution in [0.25, 0.3) is 0 Å². The molecule has 0 spiro atoms. The van der Waals surface area contributed by atoms with E-state index in [1.165, 1.54) is 0 Å². The molecule has 3 nitrogen and oxygen atoms in total. The lowest BCUT2D eigenvalue weighted by Gasteiger charge is -2.37. The number of aliphatic hydroxyl groups is 1. The molecule has 1 saturated heterocycles. The van der Waals surface area contributed by atoms with Gasteiger partial charge in [0.25, 0.3) is 0 Å². The molecule has 3 heteroatoms. The van der Waals surface area contributed by atoms with Crippen molar-refractivity contribution < 1.29 is 9.90 Å². The Morgan fingerprint density at radius 2 is 2.35 bits per heavy atom. The Labute approximate surface area is 102 Å². The Morgan fingerprint density at radius 1 is 1.53 bits per heavy atom. The number of aldehydes is 1. The van der Waals surface area contributed by atoms with Crippen LogP contribution in [0.15, 0.2) is 24.3 Å². The van der Waals surface area contributed by atoms with Gasteiger partial charge in [-0.2, -0.15) is 0 Å². The maximum atomic E-state index is 10.7. The molecule has 2 rings (SSSR count). The van der Waals surface area contributed by atoms with Crippen molar-refractivity contribution in [1.29, 1.82) is 0 Å². The van der Waals surface area contributed by atoms with Gasteiger partial charge < -0.3 is 10.0 Å². The molecule has 0 radical (unpaired) electrons. The summed E-state index contributed by atoms with van der Waals surface area (Å²) in [6.07, 6.45) is 3.34. The van der Waals surface area contributed by atoms with Gasteiger partial charge in [0.05, 0.1) is 5.60 Å². The zero-order chi connectivity index (χ0) is 12.3. The fraction of sp³-hybridized carbons (Fsp3) is 0.500. The molecule has 92 valence electrons. The fourth-order valence-electron chi connectivity index (χ4n) is 2.64. The predicted molar refractivity (Wildman–Crippen MR) is 67.2 cm³/mol. The zero-order valence-corrected chi connectivity index (χ0v) is 10.2. The molecule has 0 aromatic heterocycles. The van der Waals surface area contributed by atoms with E-state index in [4.69, 9.17) is 0 Å². The second-order valence-electron chi connectivity index (χ2n) is 5.11. The van der Waals surface area contributed by atoms with E-state index in [1.807, 2.05) is 25.2 Å². The Kier molecular flexibility index (Phi) is 3.60. The molecule has 1 aromatic carbocycles. The van der Waals surface area contributed by atoms with Crippen LogP contribution in [0.2, 0.25) is 0 Å². The lowest BCUT2D eigenvalue weighted by molar-refractivity contribution is -0.0223. The topological polar surface area (TPSA) is 40.5 Å². The van der Waals surface area contributed by atoms with Crippen LogP contribution < -0.4 is 0 Å². The number of benzene rings is 1. The van der Waals surface area contributed by atoms with Crippen LogP contribution in [0.3, 0.4) is 0 Å². The monoisotopic (exact) mass is 233 g/mol. The van der Waals surface area contributed by atoms with Crippen LogP contribution in [0, 0.1) is 0 Å². The third-order valence-electron chi connectivity index (χ3n) is 3.37. The maximum absolute atomic E-state index is 10.7. The third kappa shape index (κ3) is 3.14. The summed E-state index contributed by atoms with van der Waals surface area (Å²) in [5, 5.41) is 10.5. The molecule has 0 amide bonds. The van der Waals surface area contributed by atoms with Gasteiger partial charge in [-0.15, -0.1) is 0 Å². The second-order valence-corrected chi connectivity index (χ2v) is 5.11. The molecule has 1 aliphatic heterocycles. The standard InChI is InChI=1S/C14H19NO2/c1-15-7-3-6-14(17,11-15)9-12-4-2-5-13(8-12)10-16/h2,4-5,8,10,17H,3,6-7,9,11H2,1H3. The number of hydrogen-bond donors (Lipinski definition) is 1. The fourth-order valence-corrected chi connectivity index (χ4v) is 2.64. The summed E-state index contributed by atoms with van der Waals surface area (Å²) in [7, 11) is 2.03. The molecule has 1 N–H and O–H groups in total. The van der Waals surface area contributed by atoms with Crippen molar-refractivity contribution in [3.05, 3.63) is 35.4 Å². The van der Waals surface area contributed by atoms with Crippen molar-refractivity contribution in [1.82, 2.24) is 4.90 Å². The van der Waals surface area contributed by atoms with Gasteiger partial charge in [0.2, 0.25) is 0 Å². The Morgan fingerprint density at radius 3 is 3.06 bits per heavy atom. The highest BCUT2D eigenvalue weighted by molar-refractivity contribution is 5.74. The summed E-state index contributed by atoms with van der Waals surface area (Å²) >= 11 is 0. The summed E-state index contributed by atoms with van der Waals surface area (Å²) in [5.74, 6) is 0. The lowest BCUT2D eigenvalue weighted by atomic mass is 9.86. The first-order valence-electron chi connectivity index (χ1n) is 6.06. The highest BCUT2D eigenvalue weighted by Crippen LogP contribution is 2.24. The van der Waals surface area contributed by atoms with E-state index >= 15 is 0 Å². The Balaban J connectivity index is 2.10. The molecule has 0 bridgehead atoms. The minimum absolute atomic E-state index is 0.624. The molecule has 0 aliphatic carbocycles. The van der Waals surface area contributed by atoms with Gasteiger partial charge >= 0.3 is 0 Å². The molecular formula is C14H19NO2. The molecule has 1 atom stereocenters. The van der Waals surface area contributed by atoms with Gasteiger partial charge in [-0.05, 0) is 38.1 Å². The van der Waals surface area contributed by atoms with E-state index in [-0.39, 0.29) is 0 Å². The normalized spacial score (nSPS) is 25.8. The van der Waals surface area contributed by atoms with E-state index in [2.05, 4.69) is 4.90 Å². The summed E-state index contributed by atoms with van der Waals surface area (Å²) in [5.41, 5.74) is 1.07. The SMILES string of the molecule is CN1CCCC(O)(Cc2cccc(C=O)c2)C1. The average Bonchev–Trinajstić information content (AvgIpc) is 2.28. The minimum atomic E-state index is -0.644. The van der Waals surface area contributed by atoms with Crippen LogP contribution in [0.4, 0.5) is 0 Å². The van der Waals surface area contributed by atoms with Crippen molar-refractivity contribution in [2.45, 2.75) is 24.9 Å². The highest BCUT2D eigenvalue weighted by atomic mass is 16.3. The van der Waals surface area contributed by atoms with Crippen molar-refractivity contribution in [3.63, 3.8) is 0 Å². The van der Waals surface area contributed by atoms with Gasteiger partial charge in [-0.25, -0.2) is 0 Å². The van der Waals surface area contributed by atoms with E-state index in [1.54, 1.807) is 6.07 Å². The second kappa shape index (κ2) is 4.98. The molecule has 1 aromatic rings. The molecular weight excluding hydrogens is 214 g/mol. The van der Waals surface area contributed by atoms with E-state index in [0.29, 0.717) is 18.5 Å². The number of nitrogens with zero attached hydrogens (tertiary/aromatic N) is 1. The Hall–Kier alpha value is -1.19. The molecule has 17 heavy (non-hydrogen) atoms. The molecule has 1 fully saturated rings. The van der Waals surface area contributed by atoms with Crippen LogP contribution >= 0.6 is 0 Å². The van der Waals surface area contributed by atoms with Gasteiger partial charge in [0.15, 0.2) is 0 Å². The molecule has 1 heterocycles. The van der Waals surface area contributed by atoms with Crippen LogP contribution in [-0.4, -0.2) is 42.0 Å². The number of likely N-dealkylation sites (N-methyl/N-ethyl adjacent to an activating group) is 1. The minimum Gasteiger partial charge on any atom is -0.388 e. The predicted octanol–water partition coefficient (Wildman–Crippen LogP) is 1.50. The third-order valence-corrected chi connectivity index (χ3v) is 3.37. The van der Waals surface area contributed by atoms with Crippen molar-refractivity contribution in [2.24, 2.45) is 0 Å². The lowest BCUT2D eigenvalue weighted by Crippen LogP contribution is -2.47. The average molecular weight is 233 g/mol. The Bertz CT molecular complexity index is 405. The number of hydrogen-bond acceptors (Lipinski definition) is 3. The number of rotatable bonds is 3. The van der Waals surface area contributed by atoms with Crippen LogP contribution in [0.1, 0.15) is 28.8 Å². The van der Waals surface area contributed by atoms with Crippen molar-refractivity contribution in [2.75, 3.05) is 20.1 Å². The quantitative estimate of drug-likeness (QED) is 0.804. The van der Waals surface area contributed by atoms with Crippen LogP contribution in [0.5, 0.6) is 0 Å². The summed E-state index contributed by atoms with van der Waals surface area (Å²) in [6.45, 7) is 1.76. The molecule has 0 saturated carbocycles. The first-order chi connectivity index (χ1) is 8.11. The van der Waals surface area contributed by atoms with Crippen LogP contribution in [-0.2, 0) is 6.42 Å². The number of likely N-dealkylation sites (tertiary alicyclic amines) is 1. The first-order valence-corrected chi connectivity index (χ1v) is 6.06. The smallest absolute Gasteiger partial charge is 0.150 e. The van der Waals surface area contributed by atoms with E-state index < -0.39 is 5.60 Å². The summed E-state index contributed by atoms with van der Waals surface area (Å²) < 4.78 is 0.